The number of hydrogen-bond acceptors (Lipinski definition) is 4. The van der Waals surface area contributed by atoms with Gasteiger partial charge in [0.15, 0.2) is 0 Å². The Morgan fingerprint density at radius 1 is 1.21 bits per heavy atom. The number of halogens is 2. The van der Waals surface area contributed by atoms with E-state index in [1.54, 1.807) is 24.4 Å². The summed E-state index contributed by atoms with van der Waals surface area (Å²) in [7, 11) is 0. The fourth-order valence-electron chi connectivity index (χ4n) is 3.31. The molecule has 1 aliphatic rings. The first kappa shape index (κ1) is 18.9. The normalized spacial score (nSPS) is 19.0. The average molecular weight is 401 g/mol. The lowest BCUT2D eigenvalue weighted by molar-refractivity contribution is -0.175. The van der Waals surface area contributed by atoms with E-state index in [4.69, 9.17) is 4.74 Å². The third-order valence-electron chi connectivity index (χ3n) is 4.72. The summed E-state index contributed by atoms with van der Waals surface area (Å²) in [6.07, 6.45) is 0.585. The van der Waals surface area contributed by atoms with Crippen molar-refractivity contribution >= 4 is 28.6 Å². The lowest BCUT2D eigenvalue weighted by atomic mass is 10.2. The van der Waals surface area contributed by atoms with Gasteiger partial charge in [0.25, 0.3) is 11.7 Å². The highest BCUT2D eigenvalue weighted by molar-refractivity contribution is 6.02. The van der Waals surface area contributed by atoms with E-state index in [2.05, 4.69) is 10.3 Å². The molecule has 7 nitrogen and oxygen atoms in total. The zero-order valence-corrected chi connectivity index (χ0v) is 15.1. The van der Waals surface area contributed by atoms with Crippen LogP contribution in [0.2, 0.25) is 0 Å². The molecule has 0 saturated carbocycles. The summed E-state index contributed by atoms with van der Waals surface area (Å²) in [6.45, 7) is -0.0701. The quantitative estimate of drug-likeness (QED) is 0.586. The molecule has 4 rings (SSSR count). The minimum absolute atomic E-state index is 0.112. The number of nitrogens with zero attached hydrogens (tertiary/aromatic N) is 1. The number of benzene rings is 2. The Kier molecular flexibility index (Phi) is 4.67. The predicted octanol–water partition coefficient (Wildman–Crippen LogP) is 2.80. The van der Waals surface area contributed by atoms with E-state index in [-0.39, 0.29) is 25.1 Å². The second kappa shape index (κ2) is 7.17. The highest BCUT2D eigenvalue weighted by Crippen LogP contribution is 2.31. The number of carbonyl (C=O) groups excluding carboxylic acids is 2. The molecule has 0 aliphatic carbocycles. The van der Waals surface area contributed by atoms with E-state index in [0.29, 0.717) is 11.8 Å². The first-order chi connectivity index (χ1) is 13.8. The van der Waals surface area contributed by atoms with Gasteiger partial charge in [0.2, 0.25) is 0 Å². The third kappa shape index (κ3) is 3.77. The zero-order chi connectivity index (χ0) is 20.6. The minimum Gasteiger partial charge on any atom is -0.407 e. The molecule has 3 N–H and O–H groups in total. The van der Waals surface area contributed by atoms with Crippen LogP contribution in [0.15, 0.2) is 48.7 Å². The predicted molar refractivity (Wildman–Crippen MR) is 99.9 cm³/mol. The lowest BCUT2D eigenvalue weighted by Crippen LogP contribution is -2.46. The van der Waals surface area contributed by atoms with Gasteiger partial charge < -0.3 is 25.0 Å². The molecule has 1 fully saturated rings. The van der Waals surface area contributed by atoms with Crippen LogP contribution in [-0.4, -0.2) is 34.4 Å². The molecule has 2 amide bonds. The number of aliphatic hydroxyl groups is 1. The maximum atomic E-state index is 13.2. The Morgan fingerprint density at radius 2 is 1.97 bits per heavy atom. The van der Waals surface area contributed by atoms with Gasteiger partial charge in [-0.2, -0.15) is 0 Å². The van der Waals surface area contributed by atoms with Crippen molar-refractivity contribution in [1.29, 1.82) is 0 Å². The molecule has 1 aromatic heterocycles. The van der Waals surface area contributed by atoms with Crippen molar-refractivity contribution < 1.29 is 28.2 Å². The van der Waals surface area contributed by atoms with Crippen LogP contribution in [0.25, 0.3) is 10.9 Å². The van der Waals surface area contributed by atoms with Gasteiger partial charge in [-0.1, -0.05) is 0 Å². The number of aromatic amines is 1. The van der Waals surface area contributed by atoms with Gasteiger partial charge in [-0.15, -0.1) is 0 Å². The van der Waals surface area contributed by atoms with Gasteiger partial charge in [-0.05, 0) is 42.0 Å². The molecule has 0 bridgehead atoms. The maximum absolute atomic E-state index is 13.2. The van der Waals surface area contributed by atoms with Gasteiger partial charge >= 0.3 is 6.09 Å². The second-order valence-electron chi connectivity index (χ2n) is 6.76. The van der Waals surface area contributed by atoms with Crippen LogP contribution in [0.1, 0.15) is 12.0 Å². The van der Waals surface area contributed by atoms with E-state index in [1.807, 2.05) is 6.07 Å². The molecule has 150 valence electrons. The molecular formula is C20H17F2N3O4. The summed E-state index contributed by atoms with van der Waals surface area (Å²) in [5.74, 6) is -4.64. The molecule has 0 spiro atoms. The highest BCUT2D eigenvalue weighted by atomic mass is 19.1. The summed E-state index contributed by atoms with van der Waals surface area (Å²) in [5, 5.41) is 13.7. The first-order valence-corrected chi connectivity index (χ1v) is 8.87. The van der Waals surface area contributed by atoms with Crippen molar-refractivity contribution in [3.8, 4) is 0 Å². The van der Waals surface area contributed by atoms with E-state index in [0.717, 1.165) is 23.0 Å². The lowest BCUT2D eigenvalue weighted by Gasteiger charge is -2.22. The number of alkyl carbamates (subject to hydrolysis) is 1. The number of amides is 2. The van der Waals surface area contributed by atoms with Crippen molar-refractivity contribution in [3.05, 3.63) is 65.9 Å². The molecule has 0 radical (unpaired) electrons. The summed E-state index contributed by atoms with van der Waals surface area (Å²) in [5.41, 5.74) is 1.64. The largest absolute Gasteiger partial charge is 0.410 e. The number of H-pyrrole nitrogens is 1. The van der Waals surface area contributed by atoms with Gasteiger partial charge in [0.05, 0.1) is 0 Å². The van der Waals surface area contributed by atoms with Gasteiger partial charge in [-0.25, -0.2) is 13.6 Å². The highest BCUT2D eigenvalue weighted by Gasteiger charge is 2.49. The monoisotopic (exact) mass is 401 g/mol. The fourth-order valence-corrected chi connectivity index (χ4v) is 3.31. The molecule has 1 aliphatic heterocycles. The third-order valence-corrected chi connectivity index (χ3v) is 4.72. The van der Waals surface area contributed by atoms with Gasteiger partial charge in [-0.3, -0.25) is 4.79 Å². The van der Waals surface area contributed by atoms with Crippen molar-refractivity contribution in [2.45, 2.75) is 18.8 Å². The van der Waals surface area contributed by atoms with E-state index in [9.17, 15) is 23.5 Å². The Balaban J connectivity index is 1.41. The number of ether oxygens (including phenoxy) is 1. The Hall–Kier alpha value is -3.46. The summed E-state index contributed by atoms with van der Waals surface area (Å²) in [6, 6.07) is 9.98. The second-order valence-corrected chi connectivity index (χ2v) is 6.76. The Bertz CT molecular complexity index is 1080. The Labute approximate surface area is 163 Å². The number of carbonyl (C=O) groups is 2. The number of nitrogens with one attached hydrogen (secondary N) is 2. The SMILES string of the molecule is O=C(NCc1cc(F)cc(F)c1)O[C@@]1(O)CCN(c2ccc3[nH]ccc3c2)C1=O. The number of anilines is 1. The number of rotatable bonds is 4. The number of aromatic nitrogens is 1. The number of hydrogen-bond donors (Lipinski definition) is 3. The van der Waals surface area contributed by atoms with E-state index < -0.39 is 29.4 Å². The standard InChI is InChI=1S/C20H17F2N3O4/c21-14-7-12(8-15(22)10-14)11-24-19(27)29-20(28)4-6-25(18(20)26)16-1-2-17-13(9-16)3-5-23-17/h1-3,5,7-10,23,28H,4,6,11H2,(H,24,27)/t20-/m0/s1. The molecule has 0 unspecified atom stereocenters. The van der Waals surface area contributed by atoms with Gasteiger partial charge in [0, 0.05) is 48.4 Å². The average Bonchev–Trinajstić information content (AvgIpc) is 3.24. The van der Waals surface area contributed by atoms with Gasteiger partial charge in [0.1, 0.15) is 11.6 Å². The van der Waals surface area contributed by atoms with Crippen LogP contribution < -0.4 is 10.2 Å². The molecule has 3 aromatic rings. The molecule has 2 aromatic carbocycles. The molecule has 1 atom stereocenters. The van der Waals surface area contributed by atoms with Crippen LogP contribution in [0.4, 0.5) is 19.3 Å². The fraction of sp³-hybridized carbons (Fsp3) is 0.200. The van der Waals surface area contributed by atoms with Crippen LogP contribution in [0.3, 0.4) is 0 Å². The van der Waals surface area contributed by atoms with Crippen molar-refractivity contribution in [3.63, 3.8) is 0 Å². The van der Waals surface area contributed by atoms with Crippen molar-refractivity contribution in [2.24, 2.45) is 0 Å². The molecule has 1 saturated heterocycles. The molecule has 2 heterocycles. The zero-order valence-electron chi connectivity index (χ0n) is 15.1. The number of fused-ring (bicyclic) bond motifs is 1. The summed E-state index contributed by atoms with van der Waals surface area (Å²) >= 11 is 0. The van der Waals surface area contributed by atoms with Crippen molar-refractivity contribution in [2.75, 3.05) is 11.4 Å². The van der Waals surface area contributed by atoms with E-state index >= 15 is 0 Å². The molecule has 29 heavy (non-hydrogen) atoms. The summed E-state index contributed by atoms with van der Waals surface area (Å²) in [4.78, 5) is 29.1. The van der Waals surface area contributed by atoms with Crippen LogP contribution in [-0.2, 0) is 16.1 Å². The summed E-state index contributed by atoms with van der Waals surface area (Å²) < 4.78 is 31.3. The smallest absolute Gasteiger partial charge is 0.407 e. The van der Waals surface area contributed by atoms with E-state index in [1.165, 1.54) is 4.90 Å². The first-order valence-electron chi connectivity index (χ1n) is 8.87. The van der Waals surface area contributed by atoms with Crippen molar-refractivity contribution in [1.82, 2.24) is 10.3 Å². The topological polar surface area (TPSA) is 94.7 Å². The molecule has 9 heteroatoms. The maximum Gasteiger partial charge on any atom is 0.410 e. The molecular weight excluding hydrogens is 384 g/mol. The van der Waals surface area contributed by atoms with Crippen LogP contribution in [0.5, 0.6) is 0 Å². The Morgan fingerprint density at radius 3 is 2.72 bits per heavy atom. The minimum atomic E-state index is -2.32. The van der Waals surface area contributed by atoms with Crippen LogP contribution >= 0.6 is 0 Å². The van der Waals surface area contributed by atoms with Crippen LogP contribution in [0, 0.1) is 11.6 Å².